The summed E-state index contributed by atoms with van der Waals surface area (Å²) >= 11 is 0. The van der Waals surface area contributed by atoms with E-state index < -0.39 is 94.4 Å². The number of piperidine rings is 1. The van der Waals surface area contributed by atoms with E-state index >= 15 is 0 Å². The van der Waals surface area contributed by atoms with Gasteiger partial charge in [0.25, 0.3) is 0 Å². The second kappa shape index (κ2) is 10.2. The maximum absolute atomic E-state index is 13.6. The molecule has 1 aromatic rings. The fourth-order valence-electron chi connectivity index (χ4n) is 11.7. The summed E-state index contributed by atoms with van der Waals surface area (Å²) in [4.78, 5) is 26.7. The van der Waals surface area contributed by atoms with Gasteiger partial charge in [0, 0.05) is 83.0 Å². The number of methoxy groups -OCH3 is 4. The van der Waals surface area contributed by atoms with Crippen LogP contribution in [0.5, 0.6) is 0 Å². The maximum Gasteiger partial charge on any atom is 0.338 e. The van der Waals surface area contributed by atoms with Gasteiger partial charge < -0.3 is 49.1 Å². The maximum atomic E-state index is 13.6. The van der Waals surface area contributed by atoms with Gasteiger partial charge in [-0.3, -0.25) is 4.79 Å². The lowest BCUT2D eigenvalue weighted by Gasteiger charge is -2.68. The Morgan fingerprint density at radius 1 is 1.00 bits per heavy atom. The van der Waals surface area contributed by atoms with E-state index in [-0.39, 0.29) is 18.9 Å². The Morgan fingerprint density at radius 2 is 1.73 bits per heavy atom. The lowest BCUT2D eigenvalue weighted by atomic mass is 9.43. The Kier molecular flexibility index (Phi) is 7.05. The number of fused-ring (bicyclic) bond motifs is 2. The number of nitrogens with one attached hydrogen (secondary N) is 1. The average molecular weight is 618 g/mol. The van der Waals surface area contributed by atoms with Crippen molar-refractivity contribution < 1.29 is 53.3 Å². The number of aliphatic hydroxyl groups is 3. The Balaban J connectivity index is 1.50. The van der Waals surface area contributed by atoms with E-state index in [1.165, 1.54) is 14.0 Å². The predicted molar refractivity (Wildman–Crippen MR) is 151 cm³/mol. The van der Waals surface area contributed by atoms with Crippen molar-refractivity contribution in [2.45, 2.75) is 73.6 Å². The molecule has 1 aromatic carbocycles. The highest BCUT2D eigenvalue weighted by Gasteiger charge is 2.91. The van der Waals surface area contributed by atoms with E-state index in [9.17, 15) is 24.9 Å². The molecule has 7 rings (SSSR count). The SMILES string of the molecule is COC[C@]12CN[C@@H]3[C@@H]4[C@H](OC)[C@H]1[C@@]3([C@@H](OC)C[C@H]2O)[C@@H]1C[C@@]2(O)[C@H](OC(=O)c3ccccc3)[C@@H]1[C@]4(OC(C)=O)[C@@H](O)[C@@H]2OC. The zero-order valence-corrected chi connectivity index (χ0v) is 25.7. The van der Waals surface area contributed by atoms with Crippen molar-refractivity contribution in [2.24, 2.45) is 34.5 Å². The average Bonchev–Trinajstić information content (AvgIpc) is 3.35. The van der Waals surface area contributed by atoms with E-state index in [1.807, 2.05) is 0 Å². The molecule has 1 aliphatic heterocycles. The van der Waals surface area contributed by atoms with Crippen LogP contribution in [0.25, 0.3) is 0 Å². The van der Waals surface area contributed by atoms with Crippen LogP contribution in [0.3, 0.4) is 0 Å². The van der Waals surface area contributed by atoms with Gasteiger partial charge in [-0.2, -0.15) is 0 Å². The monoisotopic (exact) mass is 617 g/mol. The molecule has 0 amide bonds. The highest BCUT2D eigenvalue weighted by molar-refractivity contribution is 5.89. The lowest BCUT2D eigenvalue weighted by Crippen LogP contribution is -2.81. The second-order valence-corrected chi connectivity index (χ2v) is 13.8. The first-order chi connectivity index (χ1) is 21.0. The number of hydrogen-bond acceptors (Lipinski definition) is 12. The zero-order chi connectivity index (χ0) is 31.4. The first-order valence-corrected chi connectivity index (χ1v) is 15.4. The number of carbonyl (C=O) groups is 2. The molecule has 12 heteroatoms. The molecule has 15 atom stereocenters. The first-order valence-electron chi connectivity index (χ1n) is 15.4. The second-order valence-electron chi connectivity index (χ2n) is 13.8. The topological polar surface area (TPSA) is 162 Å². The van der Waals surface area contributed by atoms with E-state index in [4.69, 9.17) is 28.4 Å². The molecule has 0 unspecified atom stereocenters. The molecule has 5 aliphatic carbocycles. The summed E-state index contributed by atoms with van der Waals surface area (Å²) in [6.07, 6.45) is -5.53. The molecule has 242 valence electrons. The van der Waals surface area contributed by atoms with Gasteiger partial charge in [-0.1, -0.05) is 18.2 Å². The van der Waals surface area contributed by atoms with Crippen molar-refractivity contribution >= 4 is 11.9 Å². The molecule has 0 radical (unpaired) electrons. The molecule has 4 N–H and O–H groups in total. The van der Waals surface area contributed by atoms with Crippen LogP contribution in [0.2, 0.25) is 0 Å². The lowest BCUT2D eigenvalue weighted by molar-refractivity contribution is -0.310. The molecule has 1 saturated heterocycles. The van der Waals surface area contributed by atoms with Gasteiger partial charge in [-0.05, 0) is 24.5 Å². The fourth-order valence-corrected chi connectivity index (χ4v) is 11.7. The van der Waals surface area contributed by atoms with E-state index in [0.29, 0.717) is 18.5 Å². The smallest absolute Gasteiger partial charge is 0.338 e. The Hall–Kier alpha value is -2.16. The normalized spacial score (nSPS) is 51.1. The number of rotatable bonds is 8. The van der Waals surface area contributed by atoms with Crippen LogP contribution in [0.4, 0.5) is 0 Å². The first kappa shape index (κ1) is 30.5. The zero-order valence-electron chi connectivity index (χ0n) is 25.7. The van der Waals surface area contributed by atoms with Gasteiger partial charge in [0.05, 0.1) is 30.5 Å². The van der Waals surface area contributed by atoms with Crippen LogP contribution in [0.1, 0.15) is 30.1 Å². The Bertz CT molecular complexity index is 1310. The van der Waals surface area contributed by atoms with Crippen molar-refractivity contribution in [1.82, 2.24) is 5.32 Å². The number of aliphatic hydroxyl groups excluding tert-OH is 2. The molecule has 44 heavy (non-hydrogen) atoms. The number of ether oxygens (including phenoxy) is 6. The van der Waals surface area contributed by atoms with Gasteiger partial charge in [0.2, 0.25) is 0 Å². The fraction of sp³-hybridized carbons (Fsp3) is 0.750. The summed E-state index contributed by atoms with van der Waals surface area (Å²) in [5, 5.41) is 40.4. The molecular weight excluding hydrogens is 574 g/mol. The third kappa shape index (κ3) is 3.36. The van der Waals surface area contributed by atoms with Crippen LogP contribution in [-0.2, 0) is 33.2 Å². The van der Waals surface area contributed by atoms with Gasteiger partial charge in [-0.25, -0.2) is 4.79 Å². The van der Waals surface area contributed by atoms with E-state index in [2.05, 4.69) is 5.32 Å². The highest BCUT2D eigenvalue weighted by atomic mass is 16.6. The van der Waals surface area contributed by atoms with Crippen molar-refractivity contribution in [1.29, 1.82) is 0 Å². The predicted octanol–water partition coefficient (Wildman–Crippen LogP) is -0.0842. The quantitative estimate of drug-likeness (QED) is 0.288. The van der Waals surface area contributed by atoms with Crippen LogP contribution in [0, 0.1) is 34.5 Å². The summed E-state index contributed by atoms with van der Waals surface area (Å²) in [6.45, 7) is 1.91. The third-order valence-corrected chi connectivity index (χ3v) is 12.6. The molecular formula is C32H43NO11. The van der Waals surface area contributed by atoms with Crippen molar-refractivity contribution in [2.75, 3.05) is 41.6 Å². The minimum absolute atomic E-state index is 0.0693. The van der Waals surface area contributed by atoms with E-state index in [0.717, 1.165) is 0 Å². The van der Waals surface area contributed by atoms with Crippen LogP contribution in [-0.4, -0.2) is 123 Å². The molecule has 6 aliphatic rings. The molecule has 1 spiro atoms. The van der Waals surface area contributed by atoms with Crippen LogP contribution >= 0.6 is 0 Å². The van der Waals surface area contributed by atoms with Gasteiger partial charge in [0.1, 0.15) is 23.9 Å². The molecule has 5 saturated carbocycles. The van der Waals surface area contributed by atoms with Gasteiger partial charge >= 0.3 is 11.9 Å². The minimum Gasteiger partial charge on any atom is -0.455 e. The number of hydrogen-bond donors (Lipinski definition) is 4. The molecule has 7 bridgehead atoms. The largest absolute Gasteiger partial charge is 0.455 e. The molecule has 0 aromatic heterocycles. The number of benzene rings is 1. The molecule has 1 heterocycles. The number of carbonyl (C=O) groups excluding carboxylic acids is 2. The van der Waals surface area contributed by atoms with Crippen LogP contribution < -0.4 is 5.32 Å². The molecule has 12 nitrogen and oxygen atoms in total. The van der Waals surface area contributed by atoms with Crippen molar-refractivity contribution in [3.63, 3.8) is 0 Å². The van der Waals surface area contributed by atoms with Crippen molar-refractivity contribution in [3.05, 3.63) is 35.9 Å². The minimum atomic E-state index is -1.83. The summed E-state index contributed by atoms with van der Waals surface area (Å²) in [5.41, 5.74) is -4.81. The standard InChI is InChI=1S/C32H43NO11/c1-15(34)44-32-20-17(12-30(38,27(42-5)25(32)36)26(20)43-28(37)16-9-7-6-8-10-16)31-19(40-3)11-18(35)29(14-39-2)13-33-24(31)21(32)22(41-4)23(29)31/h6-10,17-27,33,35-36,38H,11-14H2,1-5H3/t17-,18-,19+,20-,21+,22+,23-,24-,25+,26-,27+,29+,30-,31+,32-/m1/s1. The Labute approximate surface area is 256 Å². The Morgan fingerprint density at radius 3 is 2.34 bits per heavy atom. The summed E-state index contributed by atoms with van der Waals surface area (Å²) in [5.74, 6) is -3.70. The molecule has 6 fully saturated rings. The summed E-state index contributed by atoms with van der Waals surface area (Å²) in [7, 11) is 6.18. The third-order valence-electron chi connectivity index (χ3n) is 12.6. The van der Waals surface area contributed by atoms with Gasteiger partial charge in [0.15, 0.2) is 5.60 Å². The summed E-state index contributed by atoms with van der Waals surface area (Å²) in [6, 6.07) is 8.08. The highest BCUT2D eigenvalue weighted by Crippen LogP contribution is 2.79. The van der Waals surface area contributed by atoms with Crippen molar-refractivity contribution in [3.8, 4) is 0 Å². The van der Waals surface area contributed by atoms with Gasteiger partial charge in [-0.15, -0.1) is 0 Å². The van der Waals surface area contributed by atoms with Crippen LogP contribution in [0.15, 0.2) is 30.3 Å². The summed E-state index contributed by atoms with van der Waals surface area (Å²) < 4.78 is 36.9. The number of esters is 2. The van der Waals surface area contributed by atoms with E-state index in [1.54, 1.807) is 51.7 Å².